The Hall–Kier alpha value is -3.46. The van der Waals surface area contributed by atoms with E-state index in [0.29, 0.717) is 10.7 Å². The van der Waals surface area contributed by atoms with Gasteiger partial charge >= 0.3 is 0 Å². The number of nitrogens with zero attached hydrogens (tertiary/aromatic N) is 3. The molecule has 1 atom stereocenters. The van der Waals surface area contributed by atoms with Crippen LogP contribution in [-0.4, -0.2) is 20.7 Å². The van der Waals surface area contributed by atoms with E-state index in [2.05, 4.69) is 20.7 Å². The molecular weight excluding hydrogens is 519 g/mol. The molecule has 11 heteroatoms. The first kappa shape index (κ1) is 24.7. The quantitative estimate of drug-likeness (QED) is 0.310. The molecule has 5 rings (SSSR count). The summed E-state index contributed by atoms with van der Waals surface area (Å²) in [6.07, 6.45) is 1.75. The topological polar surface area (TPSA) is 71.8 Å². The van der Waals surface area contributed by atoms with Crippen LogP contribution in [0.1, 0.15) is 27.5 Å². The monoisotopic (exact) mass is 533 g/mol. The number of carbonyl (C=O) groups is 1. The zero-order chi connectivity index (χ0) is 23.8. The van der Waals surface area contributed by atoms with Crippen molar-refractivity contribution in [3.8, 4) is 0 Å². The molecule has 3 aromatic carbocycles. The van der Waals surface area contributed by atoms with Crippen molar-refractivity contribution in [2.75, 3.05) is 10.6 Å². The van der Waals surface area contributed by atoms with Crippen LogP contribution in [0.15, 0.2) is 72.8 Å². The van der Waals surface area contributed by atoms with Gasteiger partial charge in [-0.15, -0.1) is 17.5 Å². The molecule has 1 amide bonds. The lowest BCUT2D eigenvalue weighted by Crippen LogP contribution is -2.21. The number of nitrogens with one attached hydrogen (secondary N) is 2. The van der Waals surface area contributed by atoms with Gasteiger partial charge in [0.2, 0.25) is 5.95 Å². The molecule has 0 bridgehead atoms. The number of fused-ring (bicyclic) bond motifs is 1. The molecule has 0 fully saturated rings. The average molecular weight is 535 g/mol. The second-order valence-electron chi connectivity index (χ2n) is 7.43. The minimum atomic E-state index is -0.776. The van der Waals surface area contributed by atoms with E-state index in [1.165, 1.54) is 35.0 Å². The third-order valence-electron chi connectivity index (χ3n) is 5.26. The van der Waals surface area contributed by atoms with Crippen LogP contribution in [0, 0.1) is 11.6 Å². The van der Waals surface area contributed by atoms with E-state index in [9.17, 15) is 13.6 Å². The molecule has 0 aliphatic carbocycles. The number of aromatic nitrogens is 3. The van der Waals surface area contributed by atoms with E-state index in [-0.39, 0.29) is 40.5 Å². The van der Waals surface area contributed by atoms with Gasteiger partial charge in [0.25, 0.3) is 11.9 Å². The van der Waals surface area contributed by atoms with Crippen molar-refractivity contribution < 1.29 is 13.6 Å². The SMILES string of the molecule is Cl.O=C(Nc1nc2n(n1)C(c1c(F)cccc1Cl)C=C(c1ccc(Cl)cc1)N2)c1ccccc1F. The fourth-order valence-corrected chi connectivity index (χ4v) is 4.06. The lowest BCUT2D eigenvalue weighted by atomic mass is 10.0. The van der Waals surface area contributed by atoms with Crippen LogP contribution < -0.4 is 10.6 Å². The zero-order valence-electron chi connectivity index (χ0n) is 17.7. The number of carbonyl (C=O) groups excluding carboxylic acids is 1. The van der Waals surface area contributed by atoms with Gasteiger partial charge in [-0.25, -0.2) is 13.5 Å². The van der Waals surface area contributed by atoms with Crippen LogP contribution in [0.25, 0.3) is 5.70 Å². The molecule has 6 nitrogen and oxygen atoms in total. The van der Waals surface area contributed by atoms with Crippen molar-refractivity contribution in [2.45, 2.75) is 6.04 Å². The fourth-order valence-electron chi connectivity index (χ4n) is 3.66. The number of anilines is 2. The Bertz CT molecular complexity index is 1420. The van der Waals surface area contributed by atoms with Gasteiger partial charge in [0.15, 0.2) is 0 Å². The molecule has 1 aliphatic heterocycles. The Morgan fingerprint density at radius 3 is 2.40 bits per heavy atom. The standard InChI is InChI=1S/C24H15Cl2F2N5O.ClH/c25-14-10-8-13(9-11-14)19-12-20(21-16(26)5-3-7-18(21)28)33-24(29-19)31-23(32-33)30-22(34)15-4-1-2-6-17(15)27;/h1-12,20H,(H2,29,30,31,32,34);1H. The Morgan fingerprint density at radius 1 is 0.971 bits per heavy atom. The summed E-state index contributed by atoms with van der Waals surface area (Å²) in [5, 5.41) is 10.7. The van der Waals surface area contributed by atoms with Crippen molar-refractivity contribution in [2.24, 2.45) is 0 Å². The highest BCUT2D eigenvalue weighted by Gasteiger charge is 2.29. The number of allylic oxidation sites excluding steroid dienone is 1. The molecule has 1 aromatic heterocycles. The molecular formula is C24H16Cl3F2N5O. The maximum Gasteiger partial charge on any atom is 0.261 e. The third kappa shape index (κ3) is 4.86. The Morgan fingerprint density at radius 2 is 1.69 bits per heavy atom. The summed E-state index contributed by atoms with van der Waals surface area (Å²) in [5.41, 5.74) is 1.42. The highest BCUT2D eigenvalue weighted by atomic mass is 35.5. The van der Waals surface area contributed by atoms with Crippen LogP contribution >= 0.6 is 35.6 Å². The molecule has 0 saturated carbocycles. The van der Waals surface area contributed by atoms with Gasteiger partial charge in [-0.05, 0) is 48.0 Å². The highest BCUT2D eigenvalue weighted by Crippen LogP contribution is 2.37. The molecule has 4 aromatic rings. The normalized spacial score (nSPS) is 14.3. The molecule has 0 radical (unpaired) electrons. The number of benzene rings is 3. The Labute approximate surface area is 215 Å². The first-order valence-electron chi connectivity index (χ1n) is 10.1. The Balaban J connectivity index is 0.00000289. The number of hydrogen-bond donors (Lipinski definition) is 2. The summed E-state index contributed by atoms with van der Waals surface area (Å²) in [6, 6.07) is 16.2. The minimum Gasteiger partial charge on any atom is -0.324 e. The van der Waals surface area contributed by atoms with Gasteiger partial charge in [-0.1, -0.05) is 53.5 Å². The lowest BCUT2D eigenvalue weighted by Gasteiger charge is -2.25. The summed E-state index contributed by atoms with van der Waals surface area (Å²) in [4.78, 5) is 16.9. The summed E-state index contributed by atoms with van der Waals surface area (Å²) < 4.78 is 30.3. The molecule has 0 spiro atoms. The smallest absolute Gasteiger partial charge is 0.261 e. The first-order valence-corrected chi connectivity index (χ1v) is 10.9. The summed E-state index contributed by atoms with van der Waals surface area (Å²) in [5.74, 6) is -1.76. The van der Waals surface area contributed by atoms with Gasteiger partial charge in [0.05, 0.1) is 5.56 Å². The van der Waals surface area contributed by atoms with Crippen molar-refractivity contribution in [3.63, 3.8) is 0 Å². The van der Waals surface area contributed by atoms with Crippen molar-refractivity contribution in [1.29, 1.82) is 0 Å². The Kier molecular flexibility index (Phi) is 7.07. The molecule has 1 aliphatic rings. The van der Waals surface area contributed by atoms with Crippen LogP contribution in [0.3, 0.4) is 0 Å². The van der Waals surface area contributed by atoms with Gasteiger partial charge in [-0.3, -0.25) is 10.1 Å². The zero-order valence-corrected chi connectivity index (χ0v) is 20.0. The summed E-state index contributed by atoms with van der Waals surface area (Å²) >= 11 is 12.4. The van der Waals surface area contributed by atoms with Crippen LogP contribution in [0.5, 0.6) is 0 Å². The van der Waals surface area contributed by atoms with Gasteiger partial charge in [-0.2, -0.15) is 4.98 Å². The number of hydrogen-bond acceptors (Lipinski definition) is 4. The van der Waals surface area contributed by atoms with E-state index in [1.54, 1.807) is 42.5 Å². The maximum atomic E-state index is 14.9. The highest BCUT2D eigenvalue weighted by molar-refractivity contribution is 6.31. The molecule has 178 valence electrons. The van der Waals surface area contributed by atoms with E-state index in [0.717, 1.165) is 5.56 Å². The van der Waals surface area contributed by atoms with Crippen LogP contribution in [0.4, 0.5) is 20.7 Å². The van der Waals surface area contributed by atoms with E-state index >= 15 is 0 Å². The average Bonchev–Trinajstić information content (AvgIpc) is 3.22. The molecule has 2 N–H and O–H groups in total. The second-order valence-corrected chi connectivity index (χ2v) is 8.27. The molecule has 1 unspecified atom stereocenters. The summed E-state index contributed by atoms with van der Waals surface area (Å²) in [6.45, 7) is 0. The predicted octanol–water partition coefficient (Wildman–Crippen LogP) is 6.59. The second kappa shape index (κ2) is 10.0. The maximum absolute atomic E-state index is 14.9. The van der Waals surface area contributed by atoms with Gasteiger partial charge < -0.3 is 5.32 Å². The molecule has 2 heterocycles. The largest absolute Gasteiger partial charge is 0.324 e. The van der Waals surface area contributed by atoms with E-state index in [1.807, 2.05) is 0 Å². The molecule has 35 heavy (non-hydrogen) atoms. The lowest BCUT2D eigenvalue weighted by molar-refractivity contribution is 0.102. The summed E-state index contributed by atoms with van der Waals surface area (Å²) in [7, 11) is 0. The van der Waals surface area contributed by atoms with E-state index in [4.69, 9.17) is 23.2 Å². The van der Waals surface area contributed by atoms with Gasteiger partial charge in [0.1, 0.15) is 17.7 Å². The number of halogens is 5. The fraction of sp³-hybridized carbons (Fsp3) is 0.0417. The minimum absolute atomic E-state index is 0. The predicted molar refractivity (Wildman–Crippen MR) is 134 cm³/mol. The van der Waals surface area contributed by atoms with Crippen molar-refractivity contribution in [1.82, 2.24) is 14.8 Å². The number of amides is 1. The van der Waals surface area contributed by atoms with Crippen LogP contribution in [-0.2, 0) is 0 Å². The van der Waals surface area contributed by atoms with Crippen LogP contribution in [0.2, 0.25) is 10.0 Å². The van der Waals surface area contributed by atoms with Gasteiger partial charge in [0, 0.05) is 21.3 Å². The van der Waals surface area contributed by atoms with Crippen molar-refractivity contribution in [3.05, 3.63) is 111 Å². The third-order valence-corrected chi connectivity index (χ3v) is 5.84. The van der Waals surface area contributed by atoms with E-state index < -0.39 is 23.6 Å². The number of rotatable bonds is 4. The van der Waals surface area contributed by atoms with Crippen molar-refractivity contribution >= 4 is 59.1 Å². The first-order chi connectivity index (χ1) is 16.4. The molecule has 0 saturated heterocycles.